The van der Waals surface area contributed by atoms with E-state index in [4.69, 9.17) is 0 Å². The highest BCUT2D eigenvalue weighted by molar-refractivity contribution is 5.91. The first kappa shape index (κ1) is 17.1. The molecule has 1 aliphatic rings. The SMILES string of the molecule is Cc1cnc(C(=O)NCCNc2nc(C)cc(N3CCCC3)n2)cn1. The summed E-state index contributed by atoms with van der Waals surface area (Å²) in [6.45, 7) is 6.87. The lowest BCUT2D eigenvalue weighted by atomic mass is 10.4. The van der Waals surface area contributed by atoms with Crippen molar-refractivity contribution in [1.82, 2.24) is 25.3 Å². The first-order valence-electron chi connectivity index (χ1n) is 8.53. The van der Waals surface area contributed by atoms with Crippen molar-refractivity contribution in [3.63, 3.8) is 0 Å². The van der Waals surface area contributed by atoms with Gasteiger partial charge in [-0.05, 0) is 26.7 Å². The largest absolute Gasteiger partial charge is 0.356 e. The summed E-state index contributed by atoms with van der Waals surface area (Å²) >= 11 is 0. The van der Waals surface area contributed by atoms with E-state index in [2.05, 4.69) is 35.5 Å². The molecule has 2 aromatic rings. The molecule has 0 unspecified atom stereocenters. The second-order valence-corrected chi connectivity index (χ2v) is 6.11. The zero-order chi connectivity index (χ0) is 17.6. The van der Waals surface area contributed by atoms with Crippen LogP contribution in [0.15, 0.2) is 18.5 Å². The van der Waals surface area contributed by atoms with Crippen LogP contribution in [0.2, 0.25) is 0 Å². The van der Waals surface area contributed by atoms with Gasteiger partial charge in [-0.2, -0.15) is 4.98 Å². The van der Waals surface area contributed by atoms with E-state index < -0.39 is 0 Å². The van der Waals surface area contributed by atoms with Gasteiger partial charge in [0.2, 0.25) is 5.95 Å². The van der Waals surface area contributed by atoms with Gasteiger partial charge in [-0.25, -0.2) is 9.97 Å². The van der Waals surface area contributed by atoms with E-state index in [1.165, 1.54) is 19.0 Å². The maximum absolute atomic E-state index is 12.0. The number of nitrogens with one attached hydrogen (secondary N) is 2. The Morgan fingerprint density at radius 2 is 1.88 bits per heavy atom. The van der Waals surface area contributed by atoms with Gasteiger partial charge in [-0.15, -0.1) is 0 Å². The molecule has 3 rings (SSSR count). The van der Waals surface area contributed by atoms with Crippen molar-refractivity contribution >= 4 is 17.7 Å². The van der Waals surface area contributed by atoms with Crippen molar-refractivity contribution in [1.29, 1.82) is 0 Å². The van der Waals surface area contributed by atoms with Gasteiger partial charge in [-0.1, -0.05) is 0 Å². The lowest BCUT2D eigenvalue weighted by Gasteiger charge is -2.17. The number of hydrogen-bond donors (Lipinski definition) is 2. The molecule has 25 heavy (non-hydrogen) atoms. The minimum absolute atomic E-state index is 0.239. The predicted molar refractivity (Wildman–Crippen MR) is 95.8 cm³/mol. The molecule has 1 fully saturated rings. The van der Waals surface area contributed by atoms with Crippen molar-refractivity contribution in [3.05, 3.63) is 35.5 Å². The van der Waals surface area contributed by atoms with Crippen molar-refractivity contribution < 1.29 is 4.79 Å². The molecule has 8 nitrogen and oxygen atoms in total. The Kier molecular flexibility index (Phi) is 5.37. The zero-order valence-corrected chi connectivity index (χ0v) is 14.6. The van der Waals surface area contributed by atoms with Crippen LogP contribution < -0.4 is 15.5 Å². The molecule has 8 heteroatoms. The molecule has 2 N–H and O–H groups in total. The predicted octanol–water partition coefficient (Wildman–Crippen LogP) is 1.33. The average Bonchev–Trinajstić information content (AvgIpc) is 3.13. The first-order chi connectivity index (χ1) is 12.1. The fourth-order valence-electron chi connectivity index (χ4n) is 2.69. The topological polar surface area (TPSA) is 95.9 Å². The van der Waals surface area contributed by atoms with Crippen LogP contribution >= 0.6 is 0 Å². The average molecular weight is 341 g/mol. The van der Waals surface area contributed by atoms with Crippen molar-refractivity contribution in [2.24, 2.45) is 0 Å². The third kappa shape index (κ3) is 4.62. The second kappa shape index (κ2) is 7.87. The molecule has 0 saturated carbocycles. The van der Waals surface area contributed by atoms with Crippen LogP contribution in [0.1, 0.15) is 34.7 Å². The number of carbonyl (C=O) groups is 1. The standard InChI is InChI=1S/C17H23N7O/c1-12-9-15(24-7-3-4-8-24)23-17(22-12)19-6-5-18-16(25)14-11-20-13(2)10-21-14/h9-11H,3-8H2,1-2H3,(H,18,25)(H,19,22,23). The van der Waals surface area contributed by atoms with Gasteiger partial charge in [0.1, 0.15) is 11.5 Å². The van der Waals surface area contributed by atoms with Gasteiger partial charge in [0.25, 0.3) is 5.91 Å². The Morgan fingerprint density at radius 3 is 2.60 bits per heavy atom. The summed E-state index contributed by atoms with van der Waals surface area (Å²) in [5.74, 6) is 1.31. The molecule has 3 heterocycles. The third-order valence-electron chi connectivity index (χ3n) is 3.98. The fraction of sp³-hybridized carbons (Fsp3) is 0.471. The Bertz CT molecular complexity index is 726. The van der Waals surface area contributed by atoms with E-state index in [0.29, 0.717) is 24.7 Å². The molecule has 0 aromatic carbocycles. The molecule has 0 radical (unpaired) electrons. The lowest BCUT2D eigenvalue weighted by molar-refractivity contribution is 0.0949. The molecule has 132 valence electrons. The molecule has 1 aliphatic heterocycles. The summed E-state index contributed by atoms with van der Waals surface area (Å²) < 4.78 is 0. The van der Waals surface area contributed by atoms with Gasteiger partial charge >= 0.3 is 0 Å². The highest BCUT2D eigenvalue weighted by Gasteiger charge is 2.15. The van der Waals surface area contributed by atoms with Crippen LogP contribution in [0.3, 0.4) is 0 Å². The van der Waals surface area contributed by atoms with Crippen molar-refractivity contribution in [3.8, 4) is 0 Å². The Balaban J connectivity index is 1.50. The van der Waals surface area contributed by atoms with Crippen molar-refractivity contribution in [2.75, 3.05) is 36.4 Å². The Morgan fingerprint density at radius 1 is 1.08 bits per heavy atom. The van der Waals surface area contributed by atoms with Gasteiger partial charge in [0, 0.05) is 44.1 Å². The van der Waals surface area contributed by atoms with Crippen LogP contribution in [0.4, 0.5) is 11.8 Å². The highest BCUT2D eigenvalue weighted by Crippen LogP contribution is 2.19. The van der Waals surface area contributed by atoms with Gasteiger partial charge in [-0.3, -0.25) is 9.78 Å². The quantitative estimate of drug-likeness (QED) is 0.765. The number of amides is 1. The summed E-state index contributed by atoms with van der Waals surface area (Å²) in [6.07, 6.45) is 5.47. The number of nitrogens with zero attached hydrogens (tertiary/aromatic N) is 5. The van der Waals surface area contributed by atoms with E-state index >= 15 is 0 Å². The summed E-state index contributed by atoms with van der Waals surface area (Å²) in [5, 5.41) is 5.97. The summed E-state index contributed by atoms with van der Waals surface area (Å²) in [4.78, 5) is 31.3. The number of hydrogen-bond acceptors (Lipinski definition) is 7. The molecule has 1 saturated heterocycles. The molecule has 2 aromatic heterocycles. The maximum atomic E-state index is 12.0. The van der Waals surface area contributed by atoms with Crippen LogP contribution in [0, 0.1) is 13.8 Å². The van der Waals surface area contributed by atoms with E-state index in [-0.39, 0.29) is 5.91 Å². The molecule has 0 atom stereocenters. The zero-order valence-electron chi connectivity index (χ0n) is 14.6. The molecule has 1 amide bonds. The van der Waals surface area contributed by atoms with Gasteiger partial charge in [0.15, 0.2) is 0 Å². The van der Waals surface area contributed by atoms with Gasteiger partial charge < -0.3 is 15.5 Å². The number of aryl methyl sites for hydroxylation is 2. The van der Waals surface area contributed by atoms with E-state index in [9.17, 15) is 4.79 Å². The lowest BCUT2D eigenvalue weighted by Crippen LogP contribution is -2.30. The van der Waals surface area contributed by atoms with Crippen LogP contribution in [-0.2, 0) is 0 Å². The van der Waals surface area contributed by atoms with Gasteiger partial charge in [0.05, 0.1) is 11.9 Å². The summed E-state index contributed by atoms with van der Waals surface area (Å²) in [6, 6.07) is 2.01. The number of rotatable bonds is 6. The van der Waals surface area contributed by atoms with E-state index in [0.717, 1.165) is 30.3 Å². The minimum atomic E-state index is -0.239. The van der Waals surface area contributed by atoms with Crippen LogP contribution in [0.5, 0.6) is 0 Å². The molecular weight excluding hydrogens is 318 g/mol. The Labute approximate surface area is 147 Å². The fourth-order valence-corrected chi connectivity index (χ4v) is 2.69. The molecule has 0 bridgehead atoms. The molecule has 0 aliphatic carbocycles. The first-order valence-corrected chi connectivity index (χ1v) is 8.53. The van der Waals surface area contributed by atoms with Crippen LogP contribution in [0.25, 0.3) is 0 Å². The maximum Gasteiger partial charge on any atom is 0.271 e. The number of carbonyl (C=O) groups excluding carboxylic acids is 1. The summed E-state index contributed by atoms with van der Waals surface area (Å²) in [5.41, 5.74) is 2.02. The second-order valence-electron chi connectivity index (χ2n) is 6.11. The number of aromatic nitrogens is 4. The molecule has 0 spiro atoms. The molecular formula is C17H23N7O. The Hall–Kier alpha value is -2.77. The summed E-state index contributed by atoms with van der Waals surface area (Å²) in [7, 11) is 0. The minimum Gasteiger partial charge on any atom is -0.356 e. The third-order valence-corrected chi connectivity index (χ3v) is 3.98. The van der Waals surface area contributed by atoms with Crippen molar-refractivity contribution in [2.45, 2.75) is 26.7 Å². The highest BCUT2D eigenvalue weighted by atomic mass is 16.1. The van der Waals surface area contributed by atoms with Crippen LogP contribution in [-0.4, -0.2) is 52.0 Å². The smallest absolute Gasteiger partial charge is 0.271 e. The normalized spacial score (nSPS) is 13.8. The van der Waals surface area contributed by atoms with E-state index in [1.54, 1.807) is 6.20 Å². The number of anilines is 2. The monoisotopic (exact) mass is 341 g/mol. The van der Waals surface area contributed by atoms with E-state index in [1.807, 2.05) is 19.9 Å².